The SMILES string of the molecule is CC(=O)C[C@H]1CCCN1[S@](=O)C(C)(C)C. The maximum atomic E-state index is 12.2. The fraction of sp³-hybridized carbons (Fsp3) is 0.909. The monoisotopic (exact) mass is 231 g/mol. The van der Waals surface area contributed by atoms with Crippen LogP contribution in [0.3, 0.4) is 0 Å². The molecule has 2 atom stereocenters. The highest BCUT2D eigenvalue weighted by Gasteiger charge is 2.34. The summed E-state index contributed by atoms with van der Waals surface area (Å²) in [6.07, 6.45) is 2.60. The molecule has 88 valence electrons. The molecule has 1 rings (SSSR count). The van der Waals surface area contributed by atoms with Crippen molar-refractivity contribution in [2.75, 3.05) is 6.54 Å². The van der Waals surface area contributed by atoms with E-state index in [9.17, 15) is 9.00 Å². The zero-order chi connectivity index (χ0) is 11.6. The van der Waals surface area contributed by atoms with Gasteiger partial charge in [-0.1, -0.05) is 0 Å². The van der Waals surface area contributed by atoms with Crippen molar-refractivity contribution in [2.45, 2.75) is 57.7 Å². The van der Waals surface area contributed by atoms with E-state index >= 15 is 0 Å². The fourth-order valence-corrected chi connectivity index (χ4v) is 3.36. The lowest BCUT2D eigenvalue weighted by atomic mass is 10.1. The predicted octanol–water partition coefficient (Wildman–Crippen LogP) is 1.89. The second-order valence-electron chi connectivity index (χ2n) is 5.20. The maximum Gasteiger partial charge on any atom is 0.131 e. The molecule has 4 heteroatoms. The maximum absolute atomic E-state index is 12.2. The molecule has 0 unspecified atom stereocenters. The van der Waals surface area contributed by atoms with Crippen LogP contribution in [0.25, 0.3) is 0 Å². The van der Waals surface area contributed by atoms with Crippen LogP contribution >= 0.6 is 0 Å². The Balaban J connectivity index is 2.68. The first kappa shape index (κ1) is 12.8. The summed E-state index contributed by atoms with van der Waals surface area (Å²) < 4.78 is 14.0. The van der Waals surface area contributed by atoms with Gasteiger partial charge in [0.15, 0.2) is 0 Å². The molecule has 0 saturated carbocycles. The summed E-state index contributed by atoms with van der Waals surface area (Å²) in [5, 5.41) is 0. The lowest BCUT2D eigenvalue weighted by Crippen LogP contribution is -2.41. The van der Waals surface area contributed by atoms with E-state index in [2.05, 4.69) is 0 Å². The highest BCUT2D eigenvalue weighted by Crippen LogP contribution is 2.27. The van der Waals surface area contributed by atoms with Crippen LogP contribution in [0.4, 0.5) is 0 Å². The van der Waals surface area contributed by atoms with Gasteiger partial charge in [-0.15, -0.1) is 0 Å². The Kier molecular flexibility index (Phi) is 4.06. The lowest BCUT2D eigenvalue weighted by Gasteiger charge is -2.29. The Morgan fingerprint density at radius 1 is 1.47 bits per heavy atom. The smallest absolute Gasteiger partial charge is 0.131 e. The van der Waals surface area contributed by atoms with Gasteiger partial charge >= 0.3 is 0 Å². The van der Waals surface area contributed by atoms with Gasteiger partial charge in [-0.3, -0.25) is 4.79 Å². The van der Waals surface area contributed by atoms with Crippen LogP contribution < -0.4 is 0 Å². The van der Waals surface area contributed by atoms with Crippen LogP contribution in [0.1, 0.15) is 47.0 Å². The van der Waals surface area contributed by atoms with Crippen LogP contribution in [-0.4, -0.2) is 31.6 Å². The van der Waals surface area contributed by atoms with Gasteiger partial charge in [-0.05, 0) is 40.5 Å². The van der Waals surface area contributed by atoms with Crippen molar-refractivity contribution in [3.8, 4) is 0 Å². The number of hydrogen-bond acceptors (Lipinski definition) is 2. The second kappa shape index (κ2) is 4.74. The molecule has 0 bridgehead atoms. The number of carbonyl (C=O) groups excluding carboxylic acids is 1. The molecule has 0 aromatic rings. The molecule has 15 heavy (non-hydrogen) atoms. The van der Waals surface area contributed by atoms with E-state index in [4.69, 9.17) is 0 Å². The highest BCUT2D eigenvalue weighted by atomic mass is 32.2. The number of nitrogens with zero attached hydrogens (tertiary/aromatic N) is 1. The van der Waals surface area contributed by atoms with Crippen molar-refractivity contribution in [3.63, 3.8) is 0 Å². The normalized spacial score (nSPS) is 25.5. The predicted molar refractivity (Wildman–Crippen MR) is 62.9 cm³/mol. The minimum atomic E-state index is -0.978. The average Bonchev–Trinajstić information content (AvgIpc) is 2.48. The van der Waals surface area contributed by atoms with Crippen molar-refractivity contribution in [2.24, 2.45) is 0 Å². The highest BCUT2D eigenvalue weighted by molar-refractivity contribution is 7.84. The van der Waals surface area contributed by atoms with Gasteiger partial charge in [0.2, 0.25) is 0 Å². The number of ketones is 1. The van der Waals surface area contributed by atoms with Crippen LogP contribution in [0, 0.1) is 0 Å². The van der Waals surface area contributed by atoms with E-state index in [1.807, 2.05) is 25.1 Å². The summed E-state index contributed by atoms with van der Waals surface area (Å²) in [4.78, 5) is 11.1. The van der Waals surface area contributed by atoms with E-state index in [-0.39, 0.29) is 16.6 Å². The molecule has 0 radical (unpaired) electrons. The zero-order valence-electron chi connectivity index (χ0n) is 10.1. The van der Waals surface area contributed by atoms with Gasteiger partial charge in [-0.25, -0.2) is 8.51 Å². The Labute approximate surface area is 94.8 Å². The molecule has 0 aliphatic carbocycles. The van der Waals surface area contributed by atoms with Crippen LogP contribution in [-0.2, 0) is 15.8 Å². The van der Waals surface area contributed by atoms with Crippen molar-refractivity contribution < 1.29 is 9.00 Å². The number of Topliss-reactive ketones (excluding diaryl/α,β-unsaturated/α-hetero) is 1. The number of rotatable bonds is 3. The van der Waals surface area contributed by atoms with Gasteiger partial charge in [0.05, 0.1) is 15.7 Å². The molecule has 0 aromatic carbocycles. The van der Waals surface area contributed by atoms with E-state index in [1.165, 1.54) is 0 Å². The molecule has 0 spiro atoms. The van der Waals surface area contributed by atoms with Gasteiger partial charge in [-0.2, -0.15) is 0 Å². The molecular weight excluding hydrogens is 210 g/mol. The average molecular weight is 231 g/mol. The first-order chi connectivity index (χ1) is 6.82. The fourth-order valence-electron chi connectivity index (χ4n) is 1.92. The van der Waals surface area contributed by atoms with Gasteiger partial charge in [0.25, 0.3) is 0 Å². The van der Waals surface area contributed by atoms with Crippen molar-refractivity contribution in [3.05, 3.63) is 0 Å². The summed E-state index contributed by atoms with van der Waals surface area (Å²) in [6.45, 7) is 8.41. The molecule has 3 nitrogen and oxygen atoms in total. The third-order valence-corrected chi connectivity index (χ3v) is 4.54. The summed E-state index contributed by atoms with van der Waals surface area (Å²) in [7, 11) is -0.978. The van der Waals surface area contributed by atoms with E-state index < -0.39 is 11.0 Å². The molecule has 0 aromatic heterocycles. The van der Waals surface area contributed by atoms with E-state index in [0.717, 1.165) is 19.4 Å². The summed E-state index contributed by atoms with van der Waals surface area (Å²) in [5.41, 5.74) is 0. The first-order valence-corrected chi connectivity index (χ1v) is 6.61. The van der Waals surface area contributed by atoms with E-state index in [0.29, 0.717) is 6.42 Å². The summed E-state index contributed by atoms with van der Waals surface area (Å²) in [5.74, 6) is 0.192. The first-order valence-electron chi connectivity index (χ1n) is 5.50. The Morgan fingerprint density at radius 2 is 2.07 bits per heavy atom. The molecule has 1 fully saturated rings. The molecule has 1 heterocycles. The van der Waals surface area contributed by atoms with Gasteiger partial charge < -0.3 is 0 Å². The third kappa shape index (κ3) is 3.38. The Bertz CT molecular complexity index is 270. The Hall–Kier alpha value is -0.220. The molecule has 0 amide bonds. The Morgan fingerprint density at radius 3 is 2.53 bits per heavy atom. The molecule has 1 aliphatic rings. The molecule has 1 aliphatic heterocycles. The van der Waals surface area contributed by atoms with E-state index in [1.54, 1.807) is 6.92 Å². The van der Waals surface area contributed by atoms with Gasteiger partial charge in [0, 0.05) is 19.0 Å². The third-order valence-electron chi connectivity index (χ3n) is 2.58. The van der Waals surface area contributed by atoms with Crippen molar-refractivity contribution in [1.29, 1.82) is 0 Å². The molecule has 0 N–H and O–H groups in total. The number of hydrogen-bond donors (Lipinski definition) is 0. The zero-order valence-corrected chi connectivity index (χ0v) is 10.9. The second-order valence-corrected chi connectivity index (χ2v) is 7.40. The standard InChI is InChI=1S/C11H21NO2S/c1-9(13)8-10-6-5-7-12(10)15(14)11(2,3)4/h10H,5-8H2,1-4H3/t10-,15-/m1/s1. The van der Waals surface area contributed by atoms with Gasteiger partial charge in [0.1, 0.15) is 5.78 Å². The minimum Gasteiger partial charge on any atom is -0.300 e. The van der Waals surface area contributed by atoms with Crippen LogP contribution in [0.5, 0.6) is 0 Å². The minimum absolute atomic E-state index is 0.192. The van der Waals surface area contributed by atoms with Crippen molar-refractivity contribution in [1.82, 2.24) is 4.31 Å². The molecule has 1 saturated heterocycles. The largest absolute Gasteiger partial charge is 0.300 e. The summed E-state index contributed by atoms with van der Waals surface area (Å²) in [6, 6.07) is 0.197. The quantitative estimate of drug-likeness (QED) is 0.744. The summed E-state index contributed by atoms with van der Waals surface area (Å²) >= 11 is 0. The van der Waals surface area contributed by atoms with Crippen LogP contribution in [0.2, 0.25) is 0 Å². The van der Waals surface area contributed by atoms with Crippen molar-refractivity contribution >= 4 is 16.8 Å². The number of carbonyl (C=O) groups is 1. The molecular formula is C11H21NO2S. The topological polar surface area (TPSA) is 37.4 Å². The lowest BCUT2D eigenvalue weighted by molar-refractivity contribution is -0.117. The van der Waals surface area contributed by atoms with Crippen LogP contribution in [0.15, 0.2) is 0 Å².